The first kappa shape index (κ1) is 24.3. The van der Waals surface area contributed by atoms with Gasteiger partial charge in [0.15, 0.2) is 11.3 Å². The molecule has 1 saturated carbocycles. The minimum absolute atomic E-state index is 0.262. The summed E-state index contributed by atoms with van der Waals surface area (Å²) >= 11 is 0. The van der Waals surface area contributed by atoms with Crippen LogP contribution >= 0.6 is 0 Å². The van der Waals surface area contributed by atoms with Crippen LogP contribution in [0, 0.1) is 5.82 Å². The topological polar surface area (TPSA) is 72.7 Å². The highest BCUT2D eigenvalue weighted by Crippen LogP contribution is 2.43. The van der Waals surface area contributed by atoms with Crippen LogP contribution in [0.5, 0.6) is 0 Å². The summed E-state index contributed by atoms with van der Waals surface area (Å²) in [6.07, 6.45) is 5.73. The lowest BCUT2D eigenvalue weighted by Gasteiger charge is -2.42. The summed E-state index contributed by atoms with van der Waals surface area (Å²) < 4.78 is 26.3. The summed E-state index contributed by atoms with van der Waals surface area (Å²) in [6, 6.07) is 8.67. The van der Waals surface area contributed by atoms with Crippen molar-refractivity contribution in [1.82, 2.24) is 19.7 Å². The number of anilines is 1. The number of benzene rings is 1. The van der Waals surface area contributed by atoms with Crippen LogP contribution in [-0.4, -0.2) is 77.7 Å². The Morgan fingerprint density at radius 3 is 2.51 bits per heavy atom. The van der Waals surface area contributed by atoms with Crippen molar-refractivity contribution < 1.29 is 18.7 Å². The summed E-state index contributed by atoms with van der Waals surface area (Å²) in [5.74, 6) is -0.417. The van der Waals surface area contributed by atoms with Crippen molar-refractivity contribution in [3.05, 3.63) is 47.5 Å². The van der Waals surface area contributed by atoms with Crippen LogP contribution in [-0.2, 0) is 9.47 Å². The number of halogens is 1. The molecule has 0 N–H and O–H groups in total. The molecule has 2 saturated heterocycles. The molecule has 1 aliphatic carbocycles. The highest BCUT2D eigenvalue weighted by Gasteiger charge is 2.33. The molecule has 3 fully saturated rings. The number of fused-ring (bicyclic) bond motifs is 1. The van der Waals surface area contributed by atoms with E-state index in [2.05, 4.69) is 16.7 Å². The number of aromatic nitrogens is 3. The van der Waals surface area contributed by atoms with E-state index < -0.39 is 5.97 Å². The fourth-order valence-corrected chi connectivity index (χ4v) is 5.96. The molecule has 0 radical (unpaired) electrons. The van der Waals surface area contributed by atoms with Gasteiger partial charge in [-0.3, -0.25) is 4.90 Å². The Morgan fingerprint density at radius 2 is 1.86 bits per heavy atom. The van der Waals surface area contributed by atoms with Gasteiger partial charge in [-0.1, -0.05) is 6.42 Å². The lowest BCUT2D eigenvalue weighted by Crippen LogP contribution is -2.51. The number of nitrogens with zero attached hydrogens (tertiary/aromatic N) is 5. The van der Waals surface area contributed by atoms with Gasteiger partial charge in [-0.25, -0.2) is 18.9 Å². The summed E-state index contributed by atoms with van der Waals surface area (Å²) in [5, 5.41) is 6.02. The third kappa shape index (κ3) is 4.59. The minimum Gasteiger partial charge on any atom is -0.464 e. The zero-order valence-electron chi connectivity index (χ0n) is 21.5. The number of morpholine rings is 1. The molecule has 8 nitrogen and oxygen atoms in total. The molecule has 196 valence electrons. The number of ether oxygens (including phenoxy) is 2. The fourth-order valence-electron chi connectivity index (χ4n) is 5.96. The lowest BCUT2D eigenvalue weighted by molar-refractivity contribution is -0.0373. The molecular weight excluding hydrogens is 473 g/mol. The molecule has 0 spiro atoms. The van der Waals surface area contributed by atoms with E-state index in [1.54, 1.807) is 16.8 Å². The number of methoxy groups -OCH3 is 1. The minimum atomic E-state index is -0.475. The Balaban J connectivity index is 1.41. The zero-order valence-corrected chi connectivity index (χ0v) is 21.5. The Hall–Kier alpha value is -3.04. The summed E-state index contributed by atoms with van der Waals surface area (Å²) in [5.41, 5.74) is 3.62. The Kier molecular flexibility index (Phi) is 6.58. The van der Waals surface area contributed by atoms with E-state index in [4.69, 9.17) is 19.6 Å². The van der Waals surface area contributed by atoms with Crippen LogP contribution in [0.4, 0.5) is 10.1 Å². The number of esters is 1. The van der Waals surface area contributed by atoms with Crippen molar-refractivity contribution in [3.63, 3.8) is 0 Å². The van der Waals surface area contributed by atoms with E-state index in [1.807, 2.05) is 6.07 Å². The maximum Gasteiger partial charge on any atom is 0.356 e. The fraction of sp³-hybridized carbons (Fsp3) is 0.536. The molecule has 3 aliphatic rings. The SMILES string of the molecule is COC(=O)c1cc(N2CCC(N3CCOC(C)C3)CC2)c2c(C3CCC3)nn(-c3ccc(F)cc3)c2n1. The average molecular weight is 508 g/mol. The van der Waals surface area contributed by atoms with Crippen LogP contribution in [0.1, 0.15) is 61.1 Å². The molecule has 2 aromatic heterocycles. The number of carbonyl (C=O) groups excluding carboxylic acids is 1. The number of carbonyl (C=O) groups is 1. The summed E-state index contributed by atoms with van der Waals surface area (Å²) in [6.45, 7) is 6.68. The van der Waals surface area contributed by atoms with Crippen LogP contribution in [0.15, 0.2) is 30.3 Å². The first-order valence-electron chi connectivity index (χ1n) is 13.4. The molecule has 3 aromatic rings. The molecule has 6 rings (SSSR count). The Bertz CT molecular complexity index is 1280. The van der Waals surface area contributed by atoms with Crippen LogP contribution < -0.4 is 4.90 Å². The van der Waals surface area contributed by atoms with E-state index >= 15 is 0 Å². The first-order chi connectivity index (χ1) is 18.0. The smallest absolute Gasteiger partial charge is 0.356 e. The van der Waals surface area contributed by atoms with Gasteiger partial charge in [0.2, 0.25) is 0 Å². The number of hydrogen-bond donors (Lipinski definition) is 0. The second-order valence-electron chi connectivity index (χ2n) is 10.5. The molecular formula is C28H34FN5O3. The monoisotopic (exact) mass is 507 g/mol. The van der Waals surface area contributed by atoms with Crippen molar-refractivity contribution in [2.24, 2.45) is 0 Å². The quantitative estimate of drug-likeness (QED) is 0.477. The van der Waals surface area contributed by atoms with E-state index in [1.165, 1.54) is 25.7 Å². The number of rotatable bonds is 5. The van der Waals surface area contributed by atoms with Gasteiger partial charge in [-0.2, -0.15) is 5.10 Å². The van der Waals surface area contributed by atoms with Crippen molar-refractivity contribution in [2.75, 3.05) is 44.8 Å². The second kappa shape index (κ2) is 10.0. The van der Waals surface area contributed by atoms with Crippen molar-refractivity contribution in [3.8, 4) is 5.69 Å². The van der Waals surface area contributed by atoms with Gasteiger partial charge < -0.3 is 14.4 Å². The molecule has 1 atom stereocenters. The van der Waals surface area contributed by atoms with E-state index in [0.717, 1.165) is 80.9 Å². The highest BCUT2D eigenvalue weighted by atomic mass is 19.1. The standard InChI is InChI=1S/C28H34FN5O3/c1-18-17-33(14-15-37-18)21-10-12-32(13-11-21)24-16-23(28(35)36-2)30-27-25(24)26(19-4-3-5-19)31-34(27)22-8-6-20(29)7-9-22/h6-9,16,18-19,21H,3-5,10-15,17H2,1-2H3. The van der Waals surface area contributed by atoms with Crippen molar-refractivity contribution in [1.29, 1.82) is 0 Å². The van der Waals surface area contributed by atoms with Gasteiger partial charge in [0.25, 0.3) is 0 Å². The van der Waals surface area contributed by atoms with Gasteiger partial charge in [-0.15, -0.1) is 0 Å². The molecule has 0 amide bonds. The number of hydrogen-bond acceptors (Lipinski definition) is 7. The van der Waals surface area contributed by atoms with Crippen LogP contribution in [0.2, 0.25) is 0 Å². The zero-order chi connectivity index (χ0) is 25.5. The first-order valence-corrected chi connectivity index (χ1v) is 13.4. The van der Waals surface area contributed by atoms with Crippen LogP contribution in [0.25, 0.3) is 16.7 Å². The molecule has 0 bridgehead atoms. The molecule has 4 heterocycles. The Labute approximate surface area is 216 Å². The van der Waals surface area contributed by atoms with Crippen molar-refractivity contribution >= 4 is 22.7 Å². The van der Waals surface area contributed by atoms with E-state index in [9.17, 15) is 9.18 Å². The third-order valence-corrected chi connectivity index (χ3v) is 8.20. The van der Waals surface area contributed by atoms with E-state index in [0.29, 0.717) is 17.6 Å². The normalized spacial score (nSPS) is 21.8. The van der Waals surface area contributed by atoms with Crippen molar-refractivity contribution in [2.45, 2.75) is 57.1 Å². The highest BCUT2D eigenvalue weighted by molar-refractivity contribution is 5.99. The molecule has 2 aliphatic heterocycles. The van der Waals surface area contributed by atoms with E-state index in [-0.39, 0.29) is 17.6 Å². The number of piperidine rings is 1. The molecule has 9 heteroatoms. The predicted octanol–water partition coefficient (Wildman–Crippen LogP) is 4.30. The second-order valence-corrected chi connectivity index (χ2v) is 10.5. The maximum absolute atomic E-state index is 13.7. The number of pyridine rings is 1. The van der Waals surface area contributed by atoms with Gasteiger partial charge in [0.1, 0.15) is 5.82 Å². The summed E-state index contributed by atoms with van der Waals surface area (Å²) in [4.78, 5) is 22.4. The average Bonchev–Trinajstić information content (AvgIpc) is 3.26. The molecule has 37 heavy (non-hydrogen) atoms. The van der Waals surface area contributed by atoms with Gasteiger partial charge >= 0.3 is 5.97 Å². The largest absolute Gasteiger partial charge is 0.464 e. The van der Waals surface area contributed by atoms with Gasteiger partial charge in [0, 0.05) is 38.1 Å². The lowest BCUT2D eigenvalue weighted by atomic mass is 9.82. The van der Waals surface area contributed by atoms with Crippen LogP contribution in [0.3, 0.4) is 0 Å². The molecule has 1 unspecified atom stereocenters. The van der Waals surface area contributed by atoms with Gasteiger partial charge in [-0.05, 0) is 62.9 Å². The molecule has 1 aromatic carbocycles. The predicted molar refractivity (Wildman–Crippen MR) is 139 cm³/mol. The van der Waals surface area contributed by atoms with Gasteiger partial charge in [0.05, 0.1) is 42.3 Å². The summed E-state index contributed by atoms with van der Waals surface area (Å²) in [7, 11) is 1.37. The maximum atomic E-state index is 13.7. The third-order valence-electron chi connectivity index (χ3n) is 8.20. The Morgan fingerprint density at radius 1 is 1.11 bits per heavy atom.